The van der Waals surface area contributed by atoms with Crippen LogP contribution in [0.1, 0.15) is 58.1 Å². The van der Waals surface area contributed by atoms with Crippen molar-refractivity contribution in [2.45, 2.75) is 71.0 Å². The lowest BCUT2D eigenvalue weighted by molar-refractivity contribution is -0.151. The molecule has 1 aromatic rings. The molecule has 4 heteroatoms. The van der Waals surface area contributed by atoms with Crippen LogP contribution >= 0.6 is 0 Å². The molecule has 0 saturated heterocycles. The Morgan fingerprint density at radius 2 is 1.71 bits per heavy atom. The molecule has 4 nitrogen and oxygen atoms in total. The van der Waals surface area contributed by atoms with Crippen molar-refractivity contribution in [2.24, 2.45) is 0 Å². The van der Waals surface area contributed by atoms with Crippen LogP contribution < -0.4 is 0 Å². The summed E-state index contributed by atoms with van der Waals surface area (Å²) >= 11 is 0. The van der Waals surface area contributed by atoms with Crippen LogP contribution in [0.2, 0.25) is 0 Å². The maximum Gasteiger partial charge on any atom is 0.316 e. The highest BCUT2D eigenvalue weighted by Crippen LogP contribution is 2.36. The molecule has 3 unspecified atom stereocenters. The molecular weight excluding hydrogens is 304 g/mol. The lowest BCUT2D eigenvalue weighted by Crippen LogP contribution is -2.48. The van der Waals surface area contributed by atoms with Crippen LogP contribution in [0.15, 0.2) is 35.9 Å². The smallest absolute Gasteiger partial charge is 0.316 e. The Balaban J connectivity index is 3.27. The quantitative estimate of drug-likeness (QED) is 0.605. The average molecular weight is 334 g/mol. The van der Waals surface area contributed by atoms with Gasteiger partial charge in [-0.15, -0.1) is 0 Å². The van der Waals surface area contributed by atoms with E-state index in [2.05, 4.69) is 6.08 Å². The normalized spacial score (nSPS) is 16.1. The first-order chi connectivity index (χ1) is 11.3. The van der Waals surface area contributed by atoms with Gasteiger partial charge in [0.05, 0.1) is 12.2 Å². The molecule has 0 heterocycles. The van der Waals surface area contributed by atoms with E-state index >= 15 is 0 Å². The fraction of sp³-hybridized carbons (Fsp3) is 0.550. The first kappa shape index (κ1) is 20.4. The van der Waals surface area contributed by atoms with Gasteiger partial charge in [0.15, 0.2) is 0 Å². The topological polar surface area (TPSA) is 77.8 Å². The number of carboxylic acid groups (broad SMARTS) is 1. The van der Waals surface area contributed by atoms with Crippen molar-refractivity contribution in [3.8, 4) is 0 Å². The molecule has 24 heavy (non-hydrogen) atoms. The van der Waals surface area contributed by atoms with Crippen molar-refractivity contribution in [2.75, 3.05) is 0 Å². The van der Waals surface area contributed by atoms with E-state index in [4.69, 9.17) is 0 Å². The summed E-state index contributed by atoms with van der Waals surface area (Å²) in [5.41, 5.74) is 1.37. The van der Waals surface area contributed by atoms with Crippen molar-refractivity contribution in [3.63, 3.8) is 0 Å². The van der Waals surface area contributed by atoms with E-state index in [9.17, 15) is 20.1 Å². The third-order valence-electron chi connectivity index (χ3n) is 4.58. The first-order valence-electron chi connectivity index (χ1n) is 8.60. The van der Waals surface area contributed by atoms with Crippen LogP contribution in [0, 0.1) is 0 Å². The highest BCUT2D eigenvalue weighted by atomic mass is 16.4. The van der Waals surface area contributed by atoms with Gasteiger partial charge in [0.1, 0.15) is 5.41 Å². The molecule has 134 valence electrons. The third kappa shape index (κ3) is 4.68. The summed E-state index contributed by atoms with van der Waals surface area (Å²) in [5, 5.41) is 30.4. The maximum absolute atomic E-state index is 12.1. The zero-order chi connectivity index (χ0) is 18.3. The molecule has 0 bridgehead atoms. The average Bonchev–Trinajstić information content (AvgIpc) is 2.57. The van der Waals surface area contributed by atoms with Crippen LogP contribution in [0.3, 0.4) is 0 Å². The summed E-state index contributed by atoms with van der Waals surface area (Å²) in [5.74, 6) is -1.10. The molecule has 0 aliphatic carbocycles. The lowest BCUT2D eigenvalue weighted by Gasteiger charge is -2.36. The predicted octanol–water partition coefficient (Wildman–Crippen LogP) is 3.45. The van der Waals surface area contributed by atoms with Gasteiger partial charge in [0, 0.05) is 0 Å². The maximum atomic E-state index is 12.1. The van der Waals surface area contributed by atoms with E-state index in [-0.39, 0.29) is 6.42 Å². The number of rotatable bonds is 9. The number of aliphatic carboxylic acids is 1. The van der Waals surface area contributed by atoms with Gasteiger partial charge in [0.2, 0.25) is 0 Å². The van der Waals surface area contributed by atoms with Gasteiger partial charge in [-0.2, -0.15) is 0 Å². The lowest BCUT2D eigenvalue weighted by atomic mass is 9.70. The highest BCUT2D eigenvalue weighted by Gasteiger charge is 2.47. The van der Waals surface area contributed by atoms with Gasteiger partial charge in [-0.1, -0.05) is 49.8 Å². The Kier molecular flexibility index (Phi) is 7.64. The Bertz CT molecular complexity index is 558. The minimum Gasteiger partial charge on any atom is -0.481 e. The van der Waals surface area contributed by atoms with Crippen LogP contribution in [-0.2, 0) is 16.6 Å². The van der Waals surface area contributed by atoms with E-state index in [1.54, 1.807) is 26.0 Å². The molecular formula is C20H30O4. The Hall–Kier alpha value is -1.65. The summed E-state index contributed by atoms with van der Waals surface area (Å²) in [6.45, 7) is 7.63. The highest BCUT2D eigenvalue weighted by molar-refractivity contribution is 5.82. The van der Waals surface area contributed by atoms with Gasteiger partial charge < -0.3 is 15.3 Å². The minimum absolute atomic E-state index is 0.00115. The van der Waals surface area contributed by atoms with Crippen molar-refractivity contribution in [1.29, 1.82) is 0 Å². The van der Waals surface area contributed by atoms with E-state index in [0.717, 1.165) is 12.0 Å². The molecule has 0 spiro atoms. The molecule has 0 fully saturated rings. The van der Waals surface area contributed by atoms with Crippen LogP contribution in [0.5, 0.6) is 0 Å². The minimum atomic E-state index is -1.49. The molecule has 0 amide bonds. The Morgan fingerprint density at radius 3 is 2.12 bits per heavy atom. The molecule has 0 aliphatic heterocycles. The zero-order valence-electron chi connectivity index (χ0n) is 15.1. The van der Waals surface area contributed by atoms with E-state index in [1.807, 2.05) is 26.0 Å². The summed E-state index contributed by atoms with van der Waals surface area (Å²) in [7, 11) is 0. The second kappa shape index (κ2) is 9.00. The van der Waals surface area contributed by atoms with E-state index in [1.165, 1.54) is 5.57 Å². The number of carbonyl (C=O) groups is 1. The van der Waals surface area contributed by atoms with Gasteiger partial charge >= 0.3 is 5.97 Å². The van der Waals surface area contributed by atoms with E-state index in [0.29, 0.717) is 18.4 Å². The van der Waals surface area contributed by atoms with Crippen LogP contribution in [0.25, 0.3) is 0 Å². The summed E-state index contributed by atoms with van der Waals surface area (Å²) < 4.78 is 0. The molecule has 0 radical (unpaired) electrons. The van der Waals surface area contributed by atoms with Crippen LogP contribution in [0.4, 0.5) is 0 Å². The molecule has 3 atom stereocenters. The Morgan fingerprint density at radius 1 is 1.12 bits per heavy atom. The predicted molar refractivity (Wildman–Crippen MR) is 96.1 cm³/mol. The fourth-order valence-electron chi connectivity index (χ4n) is 2.92. The van der Waals surface area contributed by atoms with Crippen molar-refractivity contribution in [1.82, 2.24) is 0 Å². The van der Waals surface area contributed by atoms with Gasteiger partial charge in [-0.3, -0.25) is 4.79 Å². The molecule has 0 aromatic heterocycles. The van der Waals surface area contributed by atoms with Crippen molar-refractivity contribution >= 4 is 5.97 Å². The van der Waals surface area contributed by atoms with Crippen molar-refractivity contribution < 1.29 is 20.1 Å². The standard InChI is InChI=1S/C20H30O4/c1-5-17(21)13-20(19(23)24,18(22)6-2)16-11-9-15(10-12-16)8-7-14(3)4/h7,9-12,17-18,21-22H,5-6,8,13H2,1-4H3,(H,23,24). The molecule has 0 saturated carbocycles. The molecule has 3 N–H and O–H groups in total. The number of benzene rings is 1. The zero-order valence-corrected chi connectivity index (χ0v) is 15.1. The summed E-state index contributed by atoms with van der Waals surface area (Å²) in [4.78, 5) is 12.1. The SMILES string of the molecule is CCC(O)CC(C(=O)O)(c1ccc(CC=C(C)C)cc1)C(O)CC. The monoisotopic (exact) mass is 334 g/mol. The second-order valence-corrected chi connectivity index (χ2v) is 6.65. The number of allylic oxidation sites excluding steroid dienone is 2. The number of carboxylic acids is 1. The number of hydrogen-bond donors (Lipinski definition) is 3. The van der Waals surface area contributed by atoms with Gasteiger partial charge in [0.25, 0.3) is 0 Å². The first-order valence-corrected chi connectivity index (χ1v) is 8.60. The number of hydrogen-bond acceptors (Lipinski definition) is 3. The van der Waals surface area contributed by atoms with Gasteiger partial charge in [-0.05, 0) is 50.7 Å². The van der Waals surface area contributed by atoms with Gasteiger partial charge in [-0.25, -0.2) is 0 Å². The largest absolute Gasteiger partial charge is 0.481 e. The third-order valence-corrected chi connectivity index (χ3v) is 4.58. The Labute approximate surface area is 144 Å². The molecule has 1 aromatic carbocycles. The summed E-state index contributed by atoms with van der Waals surface area (Å²) in [6.07, 6.45) is 1.83. The molecule has 0 aliphatic rings. The van der Waals surface area contributed by atoms with Crippen molar-refractivity contribution in [3.05, 3.63) is 47.0 Å². The number of aliphatic hydroxyl groups excluding tert-OH is 2. The van der Waals surface area contributed by atoms with Crippen LogP contribution in [-0.4, -0.2) is 33.5 Å². The fourth-order valence-corrected chi connectivity index (χ4v) is 2.92. The number of aliphatic hydroxyl groups is 2. The second-order valence-electron chi connectivity index (χ2n) is 6.65. The van der Waals surface area contributed by atoms with E-state index < -0.39 is 23.6 Å². The summed E-state index contributed by atoms with van der Waals surface area (Å²) in [6, 6.07) is 7.33. The molecule has 1 rings (SSSR count).